The Hall–Kier alpha value is -3.08. The lowest BCUT2D eigenvalue weighted by atomic mass is 9.94. The largest absolute Gasteiger partial charge is 0.500 e. The third kappa shape index (κ3) is 10.4. The molecule has 0 aromatic heterocycles. The van der Waals surface area contributed by atoms with Crippen molar-refractivity contribution in [3.63, 3.8) is 0 Å². The van der Waals surface area contributed by atoms with Gasteiger partial charge in [-0.2, -0.15) is 0 Å². The summed E-state index contributed by atoms with van der Waals surface area (Å²) in [6, 6.07) is -1.83. The van der Waals surface area contributed by atoms with E-state index in [9.17, 15) is 28.8 Å². The average molecular weight is 779 g/mol. The maximum atomic E-state index is 14.1. The van der Waals surface area contributed by atoms with Gasteiger partial charge in [0.2, 0.25) is 35.4 Å². The minimum Gasteiger partial charge on any atom is -0.377 e. The topological polar surface area (TPSA) is 158 Å². The lowest BCUT2D eigenvalue weighted by Gasteiger charge is -2.36. The SMILES string of the molecule is CO[Si](CCCNC(=O)CCCCCN(C)C(=O)[C@@H]1CCCN1C(=O)[C@@H]1CCCN1C(=O)[C@@H]1CCCN1C(=O)[C@@H]1CCCN1C(=O)C(C)(C)C)(OC)OC. The zero-order valence-corrected chi connectivity index (χ0v) is 34.9. The fraction of sp³-hybridized carbons (Fsp3) is 0.842. The Morgan fingerprint density at radius 1 is 0.648 bits per heavy atom. The Morgan fingerprint density at radius 2 is 1.09 bits per heavy atom. The van der Waals surface area contributed by atoms with Gasteiger partial charge in [-0.05, 0) is 70.6 Å². The van der Waals surface area contributed by atoms with Crippen LogP contribution in [0, 0.1) is 5.41 Å². The van der Waals surface area contributed by atoms with Gasteiger partial charge < -0.3 is 43.1 Å². The first-order chi connectivity index (χ1) is 25.7. The molecule has 54 heavy (non-hydrogen) atoms. The van der Waals surface area contributed by atoms with Crippen molar-refractivity contribution in [3.05, 3.63) is 0 Å². The van der Waals surface area contributed by atoms with Gasteiger partial charge >= 0.3 is 8.80 Å². The van der Waals surface area contributed by atoms with E-state index in [1.165, 1.54) is 0 Å². The minimum atomic E-state index is -2.65. The third-order valence-electron chi connectivity index (χ3n) is 11.6. The van der Waals surface area contributed by atoms with Gasteiger partial charge in [0.15, 0.2) is 0 Å². The molecule has 4 saturated heterocycles. The van der Waals surface area contributed by atoms with E-state index in [-0.39, 0.29) is 35.4 Å². The molecule has 0 saturated carbocycles. The summed E-state index contributed by atoms with van der Waals surface area (Å²) in [6.07, 6.45) is 8.40. The summed E-state index contributed by atoms with van der Waals surface area (Å²) >= 11 is 0. The Morgan fingerprint density at radius 3 is 1.57 bits per heavy atom. The lowest BCUT2D eigenvalue weighted by molar-refractivity contribution is -0.154. The summed E-state index contributed by atoms with van der Waals surface area (Å²) < 4.78 is 16.2. The molecule has 4 fully saturated rings. The molecule has 0 aromatic rings. The van der Waals surface area contributed by atoms with Crippen molar-refractivity contribution in [2.24, 2.45) is 5.41 Å². The van der Waals surface area contributed by atoms with E-state index in [1.54, 1.807) is 52.9 Å². The van der Waals surface area contributed by atoms with Gasteiger partial charge in [0.25, 0.3) is 0 Å². The molecule has 0 radical (unpaired) electrons. The fourth-order valence-corrected chi connectivity index (χ4v) is 10.2. The number of amides is 6. The van der Waals surface area contributed by atoms with Crippen LogP contribution in [-0.2, 0) is 42.0 Å². The molecule has 4 atom stereocenters. The van der Waals surface area contributed by atoms with Crippen LogP contribution in [0.5, 0.6) is 0 Å². The molecule has 0 unspecified atom stereocenters. The van der Waals surface area contributed by atoms with Crippen LogP contribution in [0.4, 0.5) is 0 Å². The summed E-state index contributed by atoms with van der Waals surface area (Å²) in [6.45, 7) is 8.51. The molecule has 1 N–H and O–H groups in total. The second kappa shape index (κ2) is 19.7. The van der Waals surface area contributed by atoms with Gasteiger partial charge in [0.05, 0.1) is 0 Å². The van der Waals surface area contributed by atoms with E-state index in [2.05, 4.69) is 5.32 Å². The molecule has 0 bridgehead atoms. The normalized spacial score (nSPS) is 23.3. The number of nitrogens with zero attached hydrogens (tertiary/aromatic N) is 5. The van der Waals surface area contributed by atoms with Crippen molar-refractivity contribution in [1.29, 1.82) is 0 Å². The molecule has 0 aliphatic carbocycles. The molecule has 4 aliphatic heterocycles. The predicted octanol–water partition coefficient (Wildman–Crippen LogP) is 2.40. The maximum Gasteiger partial charge on any atom is 0.500 e. The van der Waals surface area contributed by atoms with Crippen molar-refractivity contribution >= 4 is 44.2 Å². The third-order valence-corrected chi connectivity index (χ3v) is 14.4. The van der Waals surface area contributed by atoms with Gasteiger partial charge in [-0.15, -0.1) is 0 Å². The van der Waals surface area contributed by atoms with E-state index in [1.807, 2.05) is 20.8 Å². The van der Waals surface area contributed by atoms with E-state index < -0.39 is 38.4 Å². The minimum absolute atomic E-state index is 0.0150. The number of rotatable bonds is 17. The van der Waals surface area contributed by atoms with Crippen LogP contribution in [0.1, 0.15) is 104 Å². The van der Waals surface area contributed by atoms with Gasteiger partial charge in [0, 0.05) is 85.5 Å². The summed E-state index contributed by atoms with van der Waals surface area (Å²) in [5.41, 5.74) is -0.605. The fourth-order valence-electron chi connectivity index (χ4n) is 8.49. The van der Waals surface area contributed by atoms with Crippen molar-refractivity contribution in [3.8, 4) is 0 Å². The van der Waals surface area contributed by atoms with Crippen LogP contribution in [-0.4, -0.2) is 161 Å². The molecule has 15 nitrogen and oxygen atoms in total. The number of hydrogen-bond acceptors (Lipinski definition) is 9. The molecule has 6 amide bonds. The van der Waals surface area contributed by atoms with Crippen LogP contribution in [0.2, 0.25) is 6.04 Å². The first-order valence-corrected chi connectivity index (χ1v) is 22.0. The summed E-state index contributed by atoms with van der Waals surface area (Å²) in [7, 11) is 3.82. The molecule has 0 aromatic carbocycles. The van der Waals surface area contributed by atoms with Gasteiger partial charge in [-0.3, -0.25) is 28.8 Å². The van der Waals surface area contributed by atoms with Crippen LogP contribution in [0.15, 0.2) is 0 Å². The number of carbonyl (C=O) groups excluding carboxylic acids is 6. The van der Waals surface area contributed by atoms with Crippen molar-refractivity contribution in [1.82, 2.24) is 29.8 Å². The number of hydrogen-bond donors (Lipinski definition) is 1. The van der Waals surface area contributed by atoms with Gasteiger partial charge in [0.1, 0.15) is 24.2 Å². The Kier molecular flexibility index (Phi) is 15.9. The predicted molar refractivity (Wildman–Crippen MR) is 204 cm³/mol. The van der Waals surface area contributed by atoms with Crippen LogP contribution >= 0.6 is 0 Å². The molecule has 0 spiro atoms. The highest BCUT2D eigenvalue weighted by Crippen LogP contribution is 2.32. The second-order valence-electron chi connectivity index (χ2n) is 16.3. The molecular weight excluding hydrogens is 713 g/mol. The Bertz CT molecular complexity index is 1330. The highest BCUT2D eigenvalue weighted by molar-refractivity contribution is 6.60. The summed E-state index contributed by atoms with van der Waals surface area (Å²) in [5.74, 6) is -0.737. The monoisotopic (exact) mass is 778 g/mol. The summed E-state index contributed by atoms with van der Waals surface area (Å²) in [4.78, 5) is 89.5. The van der Waals surface area contributed by atoms with Crippen LogP contribution < -0.4 is 5.32 Å². The molecule has 4 rings (SSSR count). The molecule has 4 heterocycles. The lowest BCUT2D eigenvalue weighted by Crippen LogP contribution is -2.57. The van der Waals surface area contributed by atoms with E-state index >= 15 is 0 Å². The average Bonchev–Trinajstić information content (AvgIpc) is 4.00. The van der Waals surface area contributed by atoms with E-state index in [4.69, 9.17) is 13.3 Å². The smallest absolute Gasteiger partial charge is 0.377 e. The highest BCUT2D eigenvalue weighted by Gasteiger charge is 2.48. The number of nitrogens with one attached hydrogen (secondary N) is 1. The van der Waals surface area contributed by atoms with E-state index in [0.717, 1.165) is 19.3 Å². The number of unbranched alkanes of at least 4 members (excludes halogenated alkanes) is 2. The van der Waals surface area contributed by atoms with Gasteiger partial charge in [-0.1, -0.05) is 27.2 Å². The molecular formula is C38H66N6O9Si. The zero-order valence-electron chi connectivity index (χ0n) is 33.9. The number of likely N-dealkylation sites (N-methyl/N-ethyl adjacent to an activating group) is 1. The number of carbonyl (C=O) groups is 6. The van der Waals surface area contributed by atoms with Crippen molar-refractivity contribution < 1.29 is 42.0 Å². The van der Waals surface area contributed by atoms with Crippen molar-refractivity contribution in [2.45, 2.75) is 134 Å². The first-order valence-electron chi connectivity index (χ1n) is 20.1. The van der Waals surface area contributed by atoms with Crippen LogP contribution in [0.3, 0.4) is 0 Å². The highest BCUT2D eigenvalue weighted by atomic mass is 28.4. The number of likely N-dealkylation sites (tertiary alicyclic amines) is 4. The Balaban J connectivity index is 1.24. The van der Waals surface area contributed by atoms with Crippen LogP contribution in [0.25, 0.3) is 0 Å². The van der Waals surface area contributed by atoms with Crippen molar-refractivity contribution in [2.75, 3.05) is 67.6 Å². The standard InChI is InChI=1S/C38H66N6O9Si/c1-38(2,3)37(50)44-26-14-19-31(44)36(49)43-25-13-18-30(43)35(48)42-24-12-17-29(42)34(47)41-23-11-16-28(41)33(46)40(4)22-10-8-9-20-32(45)39-21-15-27-54(51-5,52-6)53-7/h28-31H,8-27H2,1-7H3,(H,39,45)/t28-,29-,30-,31-/m0/s1. The molecule has 4 aliphatic rings. The zero-order chi connectivity index (χ0) is 39.6. The molecule has 306 valence electrons. The second-order valence-corrected chi connectivity index (χ2v) is 19.4. The molecule has 16 heteroatoms. The van der Waals surface area contributed by atoms with Gasteiger partial charge in [-0.25, -0.2) is 0 Å². The first kappa shape index (κ1) is 43.6. The van der Waals surface area contributed by atoms with E-state index in [0.29, 0.717) is 110 Å². The Labute approximate surface area is 323 Å². The quantitative estimate of drug-likeness (QED) is 0.173. The summed E-state index contributed by atoms with van der Waals surface area (Å²) in [5, 5.41) is 2.93. The maximum absolute atomic E-state index is 14.1.